The molecule has 6 nitrogen and oxygen atoms in total. The maximum absolute atomic E-state index is 12.7. The molecule has 0 spiro atoms. The molecule has 1 saturated carbocycles. The Morgan fingerprint density at radius 2 is 1.90 bits per heavy atom. The fraction of sp³-hybridized carbons (Fsp3) is 0.867. The van der Waals surface area contributed by atoms with Crippen molar-refractivity contribution in [2.24, 2.45) is 16.3 Å². The van der Waals surface area contributed by atoms with Gasteiger partial charge in [-0.15, -0.1) is 0 Å². The summed E-state index contributed by atoms with van der Waals surface area (Å²) in [7, 11) is 0. The molecule has 6 heteroatoms. The number of rotatable bonds is 4. The number of amides is 1. The number of hydrogen-bond donors (Lipinski definition) is 3. The first-order valence-electron chi connectivity index (χ1n) is 7.93. The van der Waals surface area contributed by atoms with Crippen LogP contribution in [0.4, 0.5) is 0 Å². The van der Waals surface area contributed by atoms with Gasteiger partial charge in [-0.25, -0.2) is 0 Å². The first kappa shape index (κ1) is 16.1. The third-order valence-corrected chi connectivity index (χ3v) is 4.91. The molecule has 1 aliphatic heterocycles. The highest BCUT2D eigenvalue weighted by molar-refractivity contribution is 6.06. The van der Waals surface area contributed by atoms with E-state index in [1.807, 2.05) is 6.92 Å². The minimum Gasteiger partial charge on any atom is -0.409 e. The Morgan fingerprint density at radius 3 is 2.43 bits per heavy atom. The van der Waals surface area contributed by atoms with Crippen LogP contribution in [0, 0.1) is 5.41 Å². The van der Waals surface area contributed by atoms with E-state index in [1.54, 1.807) is 0 Å². The third kappa shape index (κ3) is 3.48. The summed E-state index contributed by atoms with van der Waals surface area (Å²) in [5.74, 6) is -0.0872. The standard InChI is InChI=1S/C15H27N3O3/c1-14(7-6-10-21-14)11-17-13(19)15(12(16)18-20)8-4-2-3-5-9-15/h20H,2-11H2,1H3,(H2,16,18)(H,17,19). The van der Waals surface area contributed by atoms with Gasteiger partial charge in [0.1, 0.15) is 5.41 Å². The molecule has 1 heterocycles. The Bertz CT molecular complexity index is 395. The summed E-state index contributed by atoms with van der Waals surface area (Å²) in [6.07, 6.45) is 7.30. The van der Waals surface area contributed by atoms with Crippen LogP contribution in [0.25, 0.3) is 0 Å². The Hall–Kier alpha value is -1.30. The van der Waals surface area contributed by atoms with E-state index in [9.17, 15) is 4.79 Å². The average molecular weight is 297 g/mol. The van der Waals surface area contributed by atoms with Gasteiger partial charge in [-0.3, -0.25) is 4.79 Å². The number of nitrogens with two attached hydrogens (primary N) is 1. The van der Waals surface area contributed by atoms with Crippen molar-refractivity contribution in [2.45, 2.75) is 63.9 Å². The van der Waals surface area contributed by atoms with Gasteiger partial charge in [0.05, 0.1) is 5.60 Å². The molecule has 1 atom stereocenters. The Morgan fingerprint density at radius 1 is 1.24 bits per heavy atom. The lowest BCUT2D eigenvalue weighted by Gasteiger charge is -2.32. The van der Waals surface area contributed by atoms with E-state index in [1.165, 1.54) is 0 Å². The fourth-order valence-corrected chi connectivity index (χ4v) is 3.44. The molecule has 1 saturated heterocycles. The van der Waals surface area contributed by atoms with Gasteiger partial charge in [0.25, 0.3) is 0 Å². The predicted octanol–water partition coefficient (Wildman–Crippen LogP) is 1.76. The summed E-state index contributed by atoms with van der Waals surface area (Å²) in [5.41, 5.74) is 4.73. The van der Waals surface area contributed by atoms with Gasteiger partial charge >= 0.3 is 0 Å². The number of oxime groups is 1. The molecule has 1 amide bonds. The van der Waals surface area contributed by atoms with Crippen LogP contribution in [-0.2, 0) is 9.53 Å². The van der Waals surface area contributed by atoms with Gasteiger partial charge in [0, 0.05) is 13.2 Å². The molecule has 0 aromatic carbocycles. The van der Waals surface area contributed by atoms with Crippen molar-refractivity contribution in [3.63, 3.8) is 0 Å². The van der Waals surface area contributed by atoms with Crippen molar-refractivity contribution in [1.29, 1.82) is 0 Å². The highest BCUT2D eigenvalue weighted by atomic mass is 16.5. The lowest BCUT2D eigenvalue weighted by Crippen LogP contribution is -2.52. The summed E-state index contributed by atoms with van der Waals surface area (Å²) in [4.78, 5) is 12.7. The van der Waals surface area contributed by atoms with E-state index in [2.05, 4.69) is 10.5 Å². The Kier molecular flexibility index (Phi) is 5.08. The summed E-state index contributed by atoms with van der Waals surface area (Å²) in [6.45, 7) is 3.24. The number of nitrogens with one attached hydrogen (secondary N) is 1. The Labute approximate surface area is 126 Å². The summed E-state index contributed by atoms with van der Waals surface area (Å²) in [6, 6.07) is 0. The van der Waals surface area contributed by atoms with Crippen molar-refractivity contribution in [2.75, 3.05) is 13.2 Å². The van der Waals surface area contributed by atoms with E-state index in [0.717, 1.165) is 45.1 Å². The van der Waals surface area contributed by atoms with Crippen molar-refractivity contribution in [1.82, 2.24) is 5.32 Å². The van der Waals surface area contributed by atoms with Crippen molar-refractivity contribution in [3.05, 3.63) is 0 Å². The maximum atomic E-state index is 12.7. The van der Waals surface area contributed by atoms with Gasteiger partial charge in [0.2, 0.25) is 5.91 Å². The zero-order valence-corrected chi connectivity index (χ0v) is 12.9. The van der Waals surface area contributed by atoms with E-state index >= 15 is 0 Å². The molecule has 1 aliphatic carbocycles. The van der Waals surface area contributed by atoms with Crippen molar-refractivity contribution < 1.29 is 14.7 Å². The summed E-state index contributed by atoms with van der Waals surface area (Å²) >= 11 is 0. The van der Waals surface area contributed by atoms with Crippen LogP contribution in [0.2, 0.25) is 0 Å². The number of nitrogens with zero attached hydrogens (tertiary/aromatic N) is 1. The molecule has 0 aromatic rings. The molecule has 0 bridgehead atoms. The zero-order valence-electron chi connectivity index (χ0n) is 12.9. The van der Waals surface area contributed by atoms with Crippen molar-refractivity contribution >= 4 is 11.7 Å². The molecule has 21 heavy (non-hydrogen) atoms. The van der Waals surface area contributed by atoms with Crippen LogP contribution in [0.15, 0.2) is 5.16 Å². The first-order chi connectivity index (χ1) is 10.0. The molecule has 0 radical (unpaired) electrons. The lowest BCUT2D eigenvalue weighted by atomic mass is 9.78. The topological polar surface area (TPSA) is 96.9 Å². The molecule has 120 valence electrons. The largest absolute Gasteiger partial charge is 0.409 e. The van der Waals surface area contributed by atoms with Crippen LogP contribution in [0.5, 0.6) is 0 Å². The van der Waals surface area contributed by atoms with Gasteiger partial charge in [-0.2, -0.15) is 0 Å². The molecule has 2 rings (SSSR count). The minimum atomic E-state index is -0.861. The molecule has 2 aliphatic rings. The van der Waals surface area contributed by atoms with Crippen LogP contribution >= 0.6 is 0 Å². The quantitative estimate of drug-likeness (QED) is 0.242. The van der Waals surface area contributed by atoms with Gasteiger partial charge in [0.15, 0.2) is 5.84 Å². The second-order valence-corrected chi connectivity index (χ2v) is 6.57. The van der Waals surface area contributed by atoms with E-state index in [0.29, 0.717) is 19.4 Å². The molecule has 2 fully saturated rings. The zero-order chi connectivity index (χ0) is 15.3. The minimum absolute atomic E-state index is 0.0411. The molecular formula is C15H27N3O3. The molecule has 4 N–H and O–H groups in total. The predicted molar refractivity (Wildman–Crippen MR) is 80.1 cm³/mol. The van der Waals surface area contributed by atoms with Crippen LogP contribution in [0.1, 0.15) is 58.3 Å². The van der Waals surface area contributed by atoms with E-state index < -0.39 is 5.41 Å². The third-order valence-electron chi connectivity index (χ3n) is 4.91. The van der Waals surface area contributed by atoms with E-state index in [-0.39, 0.29) is 17.3 Å². The second-order valence-electron chi connectivity index (χ2n) is 6.57. The van der Waals surface area contributed by atoms with Crippen LogP contribution in [0.3, 0.4) is 0 Å². The lowest BCUT2D eigenvalue weighted by molar-refractivity contribution is -0.129. The van der Waals surface area contributed by atoms with Crippen molar-refractivity contribution in [3.8, 4) is 0 Å². The molecule has 0 aromatic heterocycles. The van der Waals surface area contributed by atoms with E-state index in [4.69, 9.17) is 15.7 Å². The highest BCUT2D eigenvalue weighted by Gasteiger charge is 2.43. The molecule has 1 unspecified atom stereocenters. The van der Waals surface area contributed by atoms with Gasteiger partial charge in [-0.1, -0.05) is 30.8 Å². The highest BCUT2D eigenvalue weighted by Crippen LogP contribution is 2.36. The fourth-order valence-electron chi connectivity index (χ4n) is 3.44. The SMILES string of the molecule is CC1(CNC(=O)C2(C(N)=NO)CCCCCC2)CCCO1. The normalized spacial score (nSPS) is 29.9. The number of hydrogen-bond acceptors (Lipinski definition) is 4. The smallest absolute Gasteiger partial charge is 0.234 e. The first-order valence-corrected chi connectivity index (χ1v) is 7.93. The second kappa shape index (κ2) is 6.64. The van der Waals surface area contributed by atoms with Gasteiger partial charge < -0.3 is 21.0 Å². The monoisotopic (exact) mass is 297 g/mol. The summed E-state index contributed by atoms with van der Waals surface area (Å²) < 4.78 is 5.70. The Balaban J connectivity index is 2.07. The maximum Gasteiger partial charge on any atom is 0.234 e. The molecular weight excluding hydrogens is 270 g/mol. The number of ether oxygens (including phenoxy) is 1. The number of amidine groups is 1. The number of carbonyl (C=O) groups is 1. The van der Waals surface area contributed by atoms with Crippen LogP contribution < -0.4 is 11.1 Å². The van der Waals surface area contributed by atoms with Crippen LogP contribution in [-0.4, -0.2) is 35.7 Å². The average Bonchev–Trinajstić information content (AvgIpc) is 2.77. The number of carbonyl (C=O) groups excluding carboxylic acids is 1. The summed E-state index contributed by atoms with van der Waals surface area (Å²) in [5, 5.41) is 15.2. The van der Waals surface area contributed by atoms with Gasteiger partial charge in [-0.05, 0) is 32.6 Å².